The number of fused-ring (bicyclic) bond motifs is 1. The van der Waals surface area contributed by atoms with E-state index in [-0.39, 0.29) is 0 Å². The lowest BCUT2D eigenvalue weighted by Crippen LogP contribution is -2.24. The van der Waals surface area contributed by atoms with Crippen LogP contribution in [0.2, 0.25) is 0 Å². The smallest absolute Gasteiger partial charge is 0.0182 e. The fourth-order valence-corrected chi connectivity index (χ4v) is 2.94. The molecule has 2 rings (SSSR count). The maximum Gasteiger partial charge on any atom is 0.0182 e. The first kappa shape index (κ1) is 12.7. The van der Waals surface area contributed by atoms with E-state index in [0.717, 1.165) is 0 Å². The molecule has 1 aliphatic carbocycles. The summed E-state index contributed by atoms with van der Waals surface area (Å²) in [6.07, 6.45) is 10.1. The van der Waals surface area contributed by atoms with Crippen LogP contribution in [0.3, 0.4) is 0 Å². The number of hydrogen-bond acceptors (Lipinski definition) is 1. The lowest BCUT2D eigenvalue weighted by molar-refractivity contribution is 0.300. The molecule has 17 heavy (non-hydrogen) atoms. The fourth-order valence-electron chi connectivity index (χ4n) is 2.94. The van der Waals surface area contributed by atoms with Crippen LogP contribution in [0.15, 0.2) is 6.20 Å². The van der Waals surface area contributed by atoms with E-state index in [4.69, 9.17) is 0 Å². The molecule has 1 aromatic rings. The van der Waals surface area contributed by atoms with Crippen molar-refractivity contribution >= 4 is 0 Å². The predicted octanol–water partition coefficient (Wildman–Crippen LogP) is 3.17. The topological polar surface area (TPSA) is 19.0 Å². The Morgan fingerprint density at radius 3 is 2.71 bits per heavy atom. The SMILES string of the molecule is CCN(CC)CCCc1c[nH]c2c1CCCC2. The highest BCUT2D eigenvalue weighted by molar-refractivity contribution is 5.32. The molecule has 0 spiro atoms. The van der Waals surface area contributed by atoms with E-state index in [2.05, 4.69) is 29.9 Å². The lowest BCUT2D eigenvalue weighted by Gasteiger charge is -2.18. The third kappa shape index (κ3) is 3.12. The van der Waals surface area contributed by atoms with E-state index in [1.165, 1.54) is 63.9 Å². The van der Waals surface area contributed by atoms with Gasteiger partial charge in [0.25, 0.3) is 0 Å². The summed E-state index contributed by atoms with van der Waals surface area (Å²) in [7, 11) is 0. The van der Waals surface area contributed by atoms with Gasteiger partial charge in [0.05, 0.1) is 0 Å². The molecule has 2 nitrogen and oxygen atoms in total. The molecule has 0 saturated carbocycles. The Hall–Kier alpha value is -0.760. The first-order valence-electron chi connectivity index (χ1n) is 7.25. The van der Waals surface area contributed by atoms with E-state index >= 15 is 0 Å². The molecule has 0 fully saturated rings. The maximum atomic E-state index is 3.48. The van der Waals surface area contributed by atoms with Crippen LogP contribution < -0.4 is 0 Å². The number of nitrogens with zero attached hydrogens (tertiary/aromatic N) is 1. The van der Waals surface area contributed by atoms with Gasteiger partial charge in [0.1, 0.15) is 0 Å². The summed E-state index contributed by atoms with van der Waals surface area (Å²) in [6, 6.07) is 0. The van der Waals surface area contributed by atoms with Crippen molar-refractivity contribution in [1.29, 1.82) is 0 Å². The molecule has 0 atom stereocenters. The quantitative estimate of drug-likeness (QED) is 0.801. The zero-order valence-electron chi connectivity index (χ0n) is 11.4. The average molecular weight is 234 g/mol. The Balaban J connectivity index is 1.85. The number of hydrogen-bond donors (Lipinski definition) is 1. The van der Waals surface area contributed by atoms with Gasteiger partial charge in [-0.2, -0.15) is 0 Å². The van der Waals surface area contributed by atoms with Gasteiger partial charge in [0.2, 0.25) is 0 Å². The number of nitrogens with one attached hydrogen (secondary N) is 1. The Morgan fingerprint density at radius 1 is 1.18 bits per heavy atom. The van der Waals surface area contributed by atoms with Gasteiger partial charge >= 0.3 is 0 Å². The second-order valence-electron chi connectivity index (χ2n) is 5.11. The van der Waals surface area contributed by atoms with Gasteiger partial charge < -0.3 is 9.88 Å². The normalized spacial score (nSPS) is 15.2. The molecule has 0 saturated heterocycles. The van der Waals surface area contributed by atoms with Gasteiger partial charge in [0, 0.05) is 11.9 Å². The Kier molecular flexibility index (Phi) is 4.66. The van der Waals surface area contributed by atoms with E-state index in [1.54, 1.807) is 11.1 Å². The first-order valence-corrected chi connectivity index (χ1v) is 7.25. The van der Waals surface area contributed by atoms with Gasteiger partial charge in [-0.15, -0.1) is 0 Å². The molecule has 1 N–H and O–H groups in total. The van der Waals surface area contributed by atoms with E-state index in [9.17, 15) is 0 Å². The van der Waals surface area contributed by atoms with Gasteiger partial charge in [-0.1, -0.05) is 13.8 Å². The highest BCUT2D eigenvalue weighted by Gasteiger charge is 2.14. The Bertz CT molecular complexity index is 337. The van der Waals surface area contributed by atoms with Gasteiger partial charge in [-0.3, -0.25) is 0 Å². The largest absolute Gasteiger partial charge is 0.364 e. The van der Waals surface area contributed by atoms with Crippen LogP contribution >= 0.6 is 0 Å². The highest BCUT2D eigenvalue weighted by atomic mass is 15.1. The number of aromatic nitrogens is 1. The summed E-state index contributed by atoms with van der Waals surface area (Å²) in [5.74, 6) is 0. The van der Waals surface area contributed by atoms with E-state index in [1.807, 2.05) is 0 Å². The van der Waals surface area contributed by atoms with Crippen molar-refractivity contribution in [2.75, 3.05) is 19.6 Å². The second kappa shape index (κ2) is 6.25. The fraction of sp³-hybridized carbons (Fsp3) is 0.733. The van der Waals surface area contributed by atoms with Crippen LogP contribution in [0.4, 0.5) is 0 Å². The van der Waals surface area contributed by atoms with Crippen molar-refractivity contribution in [3.63, 3.8) is 0 Å². The predicted molar refractivity (Wildman–Crippen MR) is 73.5 cm³/mol. The molecular formula is C15H26N2. The highest BCUT2D eigenvalue weighted by Crippen LogP contribution is 2.24. The van der Waals surface area contributed by atoms with Crippen molar-refractivity contribution in [3.05, 3.63) is 23.0 Å². The standard InChI is InChI=1S/C15H26N2/c1-3-17(4-2)11-7-8-13-12-16-15-10-6-5-9-14(13)15/h12,16H,3-11H2,1-2H3. The summed E-state index contributed by atoms with van der Waals surface area (Å²) >= 11 is 0. The van der Waals surface area contributed by atoms with Gasteiger partial charge in [-0.05, 0) is 69.3 Å². The molecule has 96 valence electrons. The second-order valence-corrected chi connectivity index (χ2v) is 5.11. The molecular weight excluding hydrogens is 208 g/mol. The maximum absolute atomic E-state index is 3.48. The minimum atomic E-state index is 1.18. The summed E-state index contributed by atoms with van der Waals surface area (Å²) < 4.78 is 0. The van der Waals surface area contributed by atoms with Gasteiger partial charge in [-0.25, -0.2) is 0 Å². The van der Waals surface area contributed by atoms with Crippen molar-refractivity contribution in [3.8, 4) is 0 Å². The monoisotopic (exact) mass is 234 g/mol. The summed E-state index contributed by atoms with van der Waals surface area (Å²) in [5.41, 5.74) is 4.76. The van der Waals surface area contributed by atoms with Crippen LogP contribution in [0.1, 0.15) is 49.9 Å². The number of H-pyrrole nitrogens is 1. The minimum Gasteiger partial charge on any atom is -0.364 e. The van der Waals surface area contributed by atoms with Crippen molar-refractivity contribution in [2.24, 2.45) is 0 Å². The summed E-state index contributed by atoms with van der Waals surface area (Å²) in [5, 5.41) is 0. The molecule has 0 bridgehead atoms. The average Bonchev–Trinajstić information content (AvgIpc) is 2.78. The lowest BCUT2D eigenvalue weighted by atomic mass is 9.93. The number of aryl methyl sites for hydroxylation is 2. The third-order valence-corrected chi connectivity index (χ3v) is 4.09. The van der Waals surface area contributed by atoms with Crippen molar-refractivity contribution in [1.82, 2.24) is 9.88 Å². The van der Waals surface area contributed by atoms with Crippen molar-refractivity contribution < 1.29 is 0 Å². The molecule has 1 aliphatic rings. The number of aromatic amines is 1. The minimum absolute atomic E-state index is 1.18. The number of rotatable bonds is 6. The molecule has 0 radical (unpaired) electrons. The Labute approximate surface area is 105 Å². The molecule has 2 heteroatoms. The van der Waals surface area contributed by atoms with E-state index < -0.39 is 0 Å². The molecule has 0 aromatic carbocycles. The van der Waals surface area contributed by atoms with Crippen molar-refractivity contribution in [2.45, 2.75) is 52.4 Å². The van der Waals surface area contributed by atoms with Crippen LogP contribution in [0, 0.1) is 0 Å². The van der Waals surface area contributed by atoms with E-state index in [0.29, 0.717) is 0 Å². The molecule has 0 unspecified atom stereocenters. The van der Waals surface area contributed by atoms with Crippen LogP contribution in [-0.2, 0) is 19.3 Å². The van der Waals surface area contributed by atoms with Crippen LogP contribution in [0.5, 0.6) is 0 Å². The molecule has 1 heterocycles. The summed E-state index contributed by atoms with van der Waals surface area (Å²) in [6.45, 7) is 8.11. The van der Waals surface area contributed by atoms with Crippen LogP contribution in [-0.4, -0.2) is 29.5 Å². The van der Waals surface area contributed by atoms with Crippen LogP contribution in [0.25, 0.3) is 0 Å². The Morgan fingerprint density at radius 2 is 1.94 bits per heavy atom. The third-order valence-electron chi connectivity index (χ3n) is 4.09. The zero-order chi connectivity index (χ0) is 12.1. The molecule has 0 aliphatic heterocycles. The first-order chi connectivity index (χ1) is 8.35. The van der Waals surface area contributed by atoms with Gasteiger partial charge in [0.15, 0.2) is 0 Å². The summed E-state index contributed by atoms with van der Waals surface area (Å²) in [4.78, 5) is 5.99. The zero-order valence-corrected chi connectivity index (χ0v) is 11.4. The molecule has 0 amide bonds. The molecule has 1 aromatic heterocycles.